The van der Waals surface area contributed by atoms with Crippen LogP contribution in [0, 0.1) is 0 Å². The molecule has 1 aromatic rings. The second-order valence-corrected chi connectivity index (χ2v) is 6.00. The van der Waals surface area contributed by atoms with E-state index < -0.39 is 0 Å². The van der Waals surface area contributed by atoms with E-state index in [0.717, 1.165) is 12.3 Å². The van der Waals surface area contributed by atoms with Crippen molar-refractivity contribution in [3.05, 3.63) is 28.2 Å². The molecule has 0 spiro atoms. The molecule has 0 bridgehead atoms. The van der Waals surface area contributed by atoms with Crippen LogP contribution in [0.25, 0.3) is 0 Å². The van der Waals surface area contributed by atoms with Gasteiger partial charge in [0.25, 0.3) is 0 Å². The zero-order valence-corrected chi connectivity index (χ0v) is 13.4. The molecule has 1 atom stereocenters. The standard InChI is InChI=1S/C13H21BrN2S/c1-10(9-17-4)16(3)13-6-5-11(8-15-2)7-12(13)14/h5-7,10,15H,8-9H2,1-4H3. The van der Waals surface area contributed by atoms with Crippen molar-refractivity contribution < 1.29 is 0 Å². The molecule has 1 N–H and O–H groups in total. The molecule has 4 heteroatoms. The lowest BCUT2D eigenvalue weighted by Gasteiger charge is -2.27. The normalized spacial score (nSPS) is 12.5. The van der Waals surface area contributed by atoms with Crippen molar-refractivity contribution in [3.8, 4) is 0 Å². The van der Waals surface area contributed by atoms with E-state index in [4.69, 9.17) is 0 Å². The van der Waals surface area contributed by atoms with E-state index >= 15 is 0 Å². The molecule has 0 heterocycles. The molecule has 17 heavy (non-hydrogen) atoms. The van der Waals surface area contributed by atoms with Gasteiger partial charge < -0.3 is 10.2 Å². The maximum Gasteiger partial charge on any atom is 0.0510 e. The number of nitrogens with zero attached hydrogens (tertiary/aromatic N) is 1. The fourth-order valence-electron chi connectivity index (χ4n) is 1.74. The summed E-state index contributed by atoms with van der Waals surface area (Å²) in [6.07, 6.45) is 2.15. The lowest BCUT2D eigenvalue weighted by Crippen LogP contribution is -2.31. The van der Waals surface area contributed by atoms with E-state index in [-0.39, 0.29) is 0 Å². The molecule has 1 rings (SSSR count). The average molecular weight is 317 g/mol. The van der Waals surface area contributed by atoms with E-state index in [1.54, 1.807) is 0 Å². The highest BCUT2D eigenvalue weighted by Gasteiger charge is 2.12. The third kappa shape index (κ3) is 4.19. The van der Waals surface area contributed by atoms with Crippen LogP contribution in [0.5, 0.6) is 0 Å². The summed E-state index contributed by atoms with van der Waals surface area (Å²) in [7, 11) is 4.12. The summed E-state index contributed by atoms with van der Waals surface area (Å²) in [6.45, 7) is 3.16. The fourth-order valence-corrected chi connectivity index (χ4v) is 3.15. The zero-order chi connectivity index (χ0) is 12.8. The van der Waals surface area contributed by atoms with Gasteiger partial charge in [-0.1, -0.05) is 6.07 Å². The van der Waals surface area contributed by atoms with E-state index in [1.807, 2.05) is 18.8 Å². The van der Waals surface area contributed by atoms with Crippen LogP contribution in [0.15, 0.2) is 22.7 Å². The monoisotopic (exact) mass is 316 g/mol. The lowest BCUT2D eigenvalue weighted by atomic mass is 10.2. The SMILES string of the molecule is CNCc1ccc(N(C)C(C)CSC)c(Br)c1. The molecule has 0 radical (unpaired) electrons. The summed E-state index contributed by atoms with van der Waals surface area (Å²) in [5.41, 5.74) is 2.56. The number of anilines is 1. The number of hydrogen-bond acceptors (Lipinski definition) is 3. The van der Waals surface area contributed by atoms with Crippen molar-refractivity contribution in [2.24, 2.45) is 0 Å². The van der Waals surface area contributed by atoms with Gasteiger partial charge >= 0.3 is 0 Å². The maximum absolute atomic E-state index is 3.66. The molecule has 0 amide bonds. The Morgan fingerprint density at radius 2 is 2.18 bits per heavy atom. The molecule has 1 unspecified atom stereocenters. The van der Waals surface area contributed by atoms with Crippen LogP contribution in [-0.4, -0.2) is 32.1 Å². The second-order valence-electron chi connectivity index (χ2n) is 4.23. The summed E-state index contributed by atoms with van der Waals surface area (Å²) in [4.78, 5) is 2.32. The minimum absolute atomic E-state index is 0.538. The highest BCUT2D eigenvalue weighted by Crippen LogP contribution is 2.28. The van der Waals surface area contributed by atoms with Gasteiger partial charge in [0.05, 0.1) is 5.69 Å². The molecule has 96 valence electrons. The summed E-state index contributed by atoms with van der Waals surface area (Å²) in [5, 5.41) is 3.17. The average Bonchev–Trinajstić information content (AvgIpc) is 2.29. The topological polar surface area (TPSA) is 15.3 Å². The number of rotatable bonds is 6. The number of halogens is 1. The van der Waals surface area contributed by atoms with Crippen LogP contribution in [0.2, 0.25) is 0 Å². The molecular formula is C13H21BrN2S. The summed E-state index contributed by atoms with van der Waals surface area (Å²) < 4.78 is 1.17. The van der Waals surface area contributed by atoms with Gasteiger partial charge in [-0.15, -0.1) is 0 Å². The first-order chi connectivity index (χ1) is 8.10. The highest BCUT2D eigenvalue weighted by atomic mass is 79.9. The Balaban J connectivity index is 2.83. The van der Waals surface area contributed by atoms with Crippen LogP contribution >= 0.6 is 27.7 Å². The Labute approximate surface area is 117 Å². The Morgan fingerprint density at radius 1 is 1.47 bits per heavy atom. The van der Waals surface area contributed by atoms with E-state index in [2.05, 4.69) is 64.6 Å². The highest BCUT2D eigenvalue weighted by molar-refractivity contribution is 9.10. The van der Waals surface area contributed by atoms with Crippen molar-refractivity contribution >= 4 is 33.4 Å². The molecule has 0 aliphatic rings. The third-order valence-corrected chi connectivity index (χ3v) is 4.29. The van der Waals surface area contributed by atoms with Gasteiger partial charge in [-0.2, -0.15) is 11.8 Å². The first-order valence-corrected chi connectivity index (χ1v) is 7.93. The summed E-state index contributed by atoms with van der Waals surface area (Å²) in [6, 6.07) is 7.09. The fraction of sp³-hybridized carbons (Fsp3) is 0.538. The van der Waals surface area contributed by atoms with E-state index in [0.29, 0.717) is 6.04 Å². The number of benzene rings is 1. The maximum atomic E-state index is 3.66. The van der Waals surface area contributed by atoms with Crippen molar-refractivity contribution in [1.29, 1.82) is 0 Å². The minimum atomic E-state index is 0.538. The van der Waals surface area contributed by atoms with E-state index in [9.17, 15) is 0 Å². The van der Waals surface area contributed by atoms with Gasteiger partial charge in [-0.3, -0.25) is 0 Å². The van der Waals surface area contributed by atoms with Gasteiger partial charge in [0, 0.05) is 29.9 Å². The van der Waals surface area contributed by atoms with Crippen molar-refractivity contribution in [1.82, 2.24) is 5.32 Å². The van der Waals surface area contributed by atoms with Gasteiger partial charge in [0.15, 0.2) is 0 Å². The second kappa shape index (κ2) is 7.29. The molecule has 0 fully saturated rings. The number of thioether (sulfide) groups is 1. The lowest BCUT2D eigenvalue weighted by molar-refractivity contribution is 0.762. The number of hydrogen-bond donors (Lipinski definition) is 1. The summed E-state index contributed by atoms with van der Waals surface area (Å²) >= 11 is 5.54. The summed E-state index contributed by atoms with van der Waals surface area (Å²) in [5.74, 6) is 1.14. The van der Waals surface area contributed by atoms with Crippen LogP contribution < -0.4 is 10.2 Å². The molecular weight excluding hydrogens is 296 g/mol. The molecule has 1 aromatic carbocycles. The Kier molecular flexibility index (Phi) is 6.38. The smallest absolute Gasteiger partial charge is 0.0510 e. The van der Waals surface area contributed by atoms with Crippen LogP contribution in [0.3, 0.4) is 0 Å². The third-order valence-electron chi connectivity index (χ3n) is 2.84. The first kappa shape index (κ1) is 14.9. The van der Waals surface area contributed by atoms with Crippen molar-refractivity contribution in [2.75, 3.05) is 31.0 Å². The van der Waals surface area contributed by atoms with Gasteiger partial charge in [0.2, 0.25) is 0 Å². The van der Waals surface area contributed by atoms with Crippen LogP contribution in [0.1, 0.15) is 12.5 Å². The predicted octanol–water partition coefficient (Wildman–Crippen LogP) is 3.36. The van der Waals surface area contributed by atoms with Gasteiger partial charge in [-0.25, -0.2) is 0 Å². The first-order valence-electron chi connectivity index (χ1n) is 5.75. The molecule has 2 nitrogen and oxygen atoms in total. The molecule has 0 aliphatic carbocycles. The van der Waals surface area contributed by atoms with Gasteiger partial charge in [-0.05, 0) is 53.9 Å². The molecule has 0 saturated heterocycles. The molecule has 0 aromatic heterocycles. The Hall–Kier alpha value is -0.190. The predicted molar refractivity (Wildman–Crippen MR) is 83.2 cm³/mol. The molecule has 0 saturated carbocycles. The Bertz CT molecular complexity index is 357. The van der Waals surface area contributed by atoms with Crippen LogP contribution in [-0.2, 0) is 6.54 Å². The van der Waals surface area contributed by atoms with E-state index in [1.165, 1.54) is 15.7 Å². The Morgan fingerprint density at radius 3 is 2.71 bits per heavy atom. The quantitative estimate of drug-likeness (QED) is 0.866. The molecule has 0 aliphatic heterocycles. The van der Waals surface area contributed by atoms with Crippen molar-refractivity contribution in [3.63, 3.8) is 0 Å². The largest absolute Gasteiger partial charge is 0.370 e. The zero-order valence-electron chi connectivity index (χ0n) is 11.0. The van der Waals surface area contributed by atoms with Crippen LogP contribution in [0.4, 0.5) is 5.69 Å². The van der Waals surface area contributed by atoms with Gasteiger partial charge in [0.1, 0.15) is 0 Å². The van der Waals surface area contributed by atoms with Crippen molar-refractivity contribution in [2.45, 2.75) is 19.5 Å². The minimum Gasteiger partial charge on any atom is -0.370 e. The number of nitrogens with one attached hydrogen (secondary N) is 1.